The number of H-pyrrole nitrogens is 1. The van der Waals surface area contributed by atoms with Gasteiger partial charge in [-0.3, -0.25) is 0 Å². The quantitative estimate of drug-likeness (QED) is 0.767. The minimum atomic E-state index is -0.427. The topological polar surface area (TPSA) is 67.0 Å². The second-order valence-electron chi connectivity index (χ2n) is 3.66. The van der Waals surface area contributed by atoms with Gasteiger partial charge >= 0.3 is 6.09 Å². The van der Waals surface area contributed by atoms with Crippen molar-refractivity contribution in [3.05, 3.63) is 17.2 Å². The van der Waals surface area contributed by atoms with Crippen LogP contribution in [0.1, 0.15) is 30.1 Å². The number of carbonyl (C=O) groups is 1. The van der Waals surface area contributed by atoms with E-state index >= 15 is 0 Å². The Kier molecular flexibility index (Phi) is 2.89. The highest BCUT2D eigenvalue weighted by molar-refractivity contribution is 5.66. The Labute approximate surface area is 88.2 Å². The van der Waals surface area contributed by atoms with Gasteiger partial charge in [-0.15, -0.1) is 0 Å². The average Bonchev–Trinajstić information content (AvgIpc) is 2.68. The Balaban J connectivity index is 1.97. The second-order valence-corrected chi connectivity index (χ2v) is 3.66. The van der Waals surface area contributed by atoms with E-state index < -0.39 is 6.09 Å². The molecule has 1 aromatic rings. The van der Waals surface area contributed by atoms with Crippen molar-refractivity contribution in [2.24, 2.45) is 0 Å². The number of amides is 1. The number of hydrogen-bond acceptors (Lipinski definition) is 3. The van der Waals surface area contributed by atoms with Crippen molar-refractivity contribution in [1.29, 1.82) is 0 Å². The van der Waals surface area contributed by atoms with Gasteiger partial charge in [0.15, 0.2) is 0 Å². The number of aromatic nitrogens is 2. The number of carbonyl (C=O) groups excluding carboxylic acids is 1. The largest absolute Gasteiger partial charge is 0.453 e. The summed E-state index contributed by atoms with van der Waals surface area (Å²) >= 11 is 0. The lowest BCUT2D eigenvalue weighted by molar-refractivity contribution is 0.170. The molecule has 82 valence electrons. The molecule has 0 spiro atoms. The molecule has 0 fully saturated rings. The number of imidazole rings is 1. The number of alkyl carbamates (subject to hydrolysis) is 1. The second kappa shape index (κ2) is 4.33. The van der Waals surface area contributed by atoms with Crippen molar-refractivity contribution in [2.45, 2.75) is 32.2 Å². The highest BCUT2D eigenvalue weighted by Crippen LogP contribution is 2.18. The average molecular weight is 209 g/mol. The van der Waals surface area contributed by atoms with Crippen LogP contribution in [-0.4, -0.2) is 23.2 Å². The summed E-state index contributed by atoms with van der Waals surface area (Å²) in [5.74, 6) is 0.812. The maximum absolute atomic E-state index is 10.9. The fraction of sp³-hybridized carbons (Fsp3) is 0.600. The first-order chi connectivity index (χ1) is 7.29. The van der Waals surface area contributed by atoms with Crippen molar-refractivity contribution in [3.63, 3.8) is 0 Å². The summed E-state index contributed by atoms with van der Waals surface area (Å²) in [6.07, 6.45) is 4.12. The predicted octanol–water partition coefficient (Wildman–Crippen LogP) is 1.14. The molecule has 0 unspecified atom stereocenters. The maximum Gasteiger partial charge on any atom is 0.407 e. The van der Waals surface area contributed by atoms with E-state index in [1.807, 2.05) is 0 Å². The molecule has 1 aromatic heterocycles. The first-order valence-electron chi connectivity index (χ1n) is 5.18. The van der Waals surface area contributed by atoms with Gasteiger partial charge in [-0.05, 0) is 25.7 Å². The molecule has 0 aliphatic heterocycles. The van der Waals surface area contributed by atoms with Crippen molar-refractivity contribution >= 4 is 6.09 Å². The minimum Gasteiger partial charge on any atom is -0.453 e. The van der Waals surface area contributed by atoms with Crippen molar-refractivity contribution in [1.82, 2.24) is 15.3 Å². The van der Waals surface area contributed by atoms with Crippen LogP contribution >= 0.6 is 0 Å². The molecule has 5 heteroatoms. The molecule has 0 atom stereocenters. The van der Waals surface area contributed by atoms with Gasteiger partial charge in [-0.2, -0.15) is 0 Å². The van der Waals surface area contributed by atoms with Gasteiger partial charge in [0.25, 0.3) is 0 Å². The normalized spacial score (nSPS) is 14.5. The van der Waals surface area contributed by atoms with E-state index in [0.29, 0.717) is 6.54 Å². The monoisotopic (exact) mass is 209 g/mol. The number of aryl methyl sites for hydroxylation is 2. The number of methoxy groups -OCH3 is 1. The first kappa shape index (κ1) is 10.0. The minimum absolute atomic E-state index is 0.402. The summed E-state index contributed by atoms with van der Waals surface area (Å²) in [7, 11) is 1.35. The Morgan fingerprint density at radius 2 is 2.33 bits per heavy atom. The Hall–Kier alpha value is -1.52. The van der Waals surface area contributed by atoms with Gasteiger partial charge in [0.05, 0.1) is 19.3 Å². The van der Waals surface area contributed by atoms with Gasteiger partial charge in [0.1, 0.15) is 5.82 Å². The third-order valence-corrected chi connectivity index (χ3v) is 2.59. The first-order valence-corrected chi connectivity index (χ1v) is 5.18. The molecule has 1 amide bonds. The standard InChI is InChI=1S/C10H15N3O2/c1-15-10(14)11-6-9-12-7-4-2-3-5-8(7)13-9/h2-6H2,1H3,(H,11,14)(H,12,13). The molecule has 0 radical (unpaired) electrons. The fourth-order valence-electron chi connectivity index (χ4n) is 1.82. The number of nitrogens with one attached hydrogen (secondary N) is 2. The molecule has 15 heavy (non-hydrogen) atoms. The molecule has 2 rings (SSSR count). The maximum atomic E-state index is 10.9. The van der Waals surface area contributed by atoms with Crippen LogP contribution in [-0.2, 0) is 24.1 Å². The molecule has 5 nitrogen and oxygen atoms in total. The molecular formula is C10H15N3O2. The van der Waals surface area contributed by atoms with Crippen LogP contribution in [0.3, 0.4) is 0 Å². The third kappa shape index (κ3) is 2.29. The number of nitrogens with zero attached hydrogens (tertiary/aromatic N) is 1. The predicted molar refractivity (Wildman–Crippen MR) is 54.5 cm³/mol. The number of ether oxygens (including phenoxy) is 1. The van der Waals surface area contributed by atoms with Crippen molar-refractivity contribution in [3.8, 4) is 0 Å². The molecule has 0 saturated heterocycles. The van der Waals surface area contributed by atoms with E-state index in [0.717, 1.165) is 24.4 Å². The molecule has 2 N–H and O–H groups in total. The lowest BCUT2D eigenvalue weighted by Gasteiger charge is -2.07. The zero-order valence-electron chi connectivity index (χ0n) is 8.80. The Bertz CT molecular complexity index is 336. The third-order valence-electron chi connectivity index (χ3n) is 2.59. The van der Waals surface area contributed by atoms with Gasteiger partial charge in [-0.25, -0.2) is 9.78 Å². The smallest absolute Gasteiger partial charge is 0.407 e. The lowest BCUT2D eigenvalue weighted by atomic mass is 10.0. The van der Waals surface area contributed by atoms with Crippen LogP contribution in [0.15, 0.2) is 0 Å². The van der Waals surface area contributed by atoms with E-state index in [4.69, 9.17) is 0 Å². The zero-order valence-corrected chi connectivity index (χ0v) is 8.80. The van der Waals surface area contributed by atoms with Crippen LogP contribution in [0, 0.1) is 0 Å². The lowest BCUT2D eigenvalue weighted by Crippen LogP contribution is -2.22. The number of rotatable bonds is 2. The van der Waals surface area contributed by atoms with E-state index in [9.17, 15) is 4.79 Å². The highest BCUT2D eigenvalue weighted by atomic mass is 16.5. The highest BCUT2D eigenvalue weighted by Gasteiger charge is 2.14. The van der Waals surface area contributed by atoms with Crippen LogP contribution in [0.5, 0.6) is 0 Å². The van der Waals surface area contributed by atoms with E-state index in [-0.39, 0.29) is 0 Å². The van der Waals surface area contributed by atoms with Gasteiger partial charge in [0, 0.05) is 5.69 Å². The SMILES string of the molecule is COC(=O)NCc1nc2c([nH]1)CCCC2. The van der Waals surface area contributed by atoms with Crippen molar-refractivity contribution in [2.75, 3.05) is 7.11 Å². The van der Waals surface area contributed by atoms with Crippen molar-refractivity contribution < 1.29 is 9.53 Å². The van der Waals surface area contributed by atoms with Crippen LogP contribution in [0.4, 0.5) is 4.79 Å². The number of fused-ring (bicyclic) bond motifs is 1. The van der Waals surface area contributed by atoms with Crippen LogP contribution in [0.25, 0.3) is 0 Å². The van der Waals surface area contributed by atoms with Crippen LogP contribution < -0.4 is 5.32 Å². The Morgan fingerprint density at radius 3 is 3.07 bits per heavy atom. The zero-order chi connectivity index (χ0) is 10.7. The summed E-state index contributed by atoms with van der Waals surface area (Å²) in [5, 5.41) is 2.60. The summed E-state index contributed by atoms with van der Waals surface area (Å²) in [6.45, 7) is 0.402. The molecular weight excluding hydrogens is 194 g/mol. The van der Waals surface area contributed by atoms with E-state index in [1.54, 1.807) is 0 Å². The summed E-state index contributed by atoms with van der Waals surface area (Å²) in [4.78, 5) is 18.5. The molecule has 1 aliphatic carbocycles. The molecule has 1 aliphatic rings. The number of hydrogen-bond donors (Lipinski definition) is 2. The van der Waals surface area contributed by atoms with Crippen LogP contribution in [0.2, 0.25) is 0 Å². The van der Waals surface area contributed by atoms with Gasteiger partial charge < -0.3 is 15.0 Å². The Morgan fingerprint density at radius 1 is 1.53 bits per heavy atom. The van der Waals surface area contributed by atoms with Gasteiger partial charge in [0.2, 0.25) is 0 Å². The molecule has 0 bridgehead atoms. The molecule has 1 heterocycles. The number of aromatic amines is 1. The molecule has 0 saturated carbocycles. The van der Waals surface area contributed by atoms with E-state index in [2.05, 4.69) is 20.0 Å². The molecule has 0 aromatic carbocycles. The fourth-order valence-corrected chi connectivity index (χ4v) is 1.82. The van der Waals surface area contributed by atoms with Gasteiger partial charge in [-0.1, -0.05) is 0 Å². The summed E-state index contributed by atoms with van der Waals surface area (Å²) in [5.41, 5.74) is 2.38. The van der Waals surface area contributed by atoms with E-state index in [1.165, 1.54) is 25.6 Å². The summed E-state index contributed by atoms with van der Waals surface area (Å²) in [6, 6.07) is 0. The summed E-state index contributed by atoms with van der Waals surface area (Å²) < 4.78 is 4.48.